The van der Waals surface area contributed by atoms with Crippen LogP contribution in [-0.2, 0) is 4.79 Å². The molecule has 0 amide bonds. The summed E-state index contributed by atoms with van der Waals surface area (Å²) >= 11 is 0. The average Bonchev–Trinajstić information content (AvgIpc) is 2.72. The predicted molar refractivity (Wildman–Crippen MR) is 122 cm³/mol. The Morgan fingerprint density at radius 3 is 2.27 bits per heavy atom. The molecule has 5 nitrogen and oxygen atoms in total. The molecule has 1 aliphatic heterocycles. The molecule has 0 unspecified atom stereocenters. The Morgan fingerprint density at radius 2 is 1.73 bits per heavy atom. The van der Waals surface area contributed by atoms with E-state index in [1.807, 2.05) is 13.8 Å². The zero-order chi connectivity index (χ0) is 22.8. The smallest absolute Gasteiger partial charge is 0.335 e. The van der Waals surface area contributed by atoms with Gasteiger partial charge in [-0.05, 0) is 50.6 Å². The number of fused-ring (bicyclic) bond motifs is 2. The van der Waals surface area contributed by atoms with E-state index in [2.05, 4.69) is 12.3 Å². The minimum atomic E-state index is -1.04. The van der Waals surface area contributed by atoms with Gasteiger partial charge in [0, 0.05) is 28.6 Å². The van der Waals surface area contributed by atoms with Gasteiger partial charge in [-0.2, -0.15) is 0 Å². The maximum Gasteiger partial charge on any atom is 0.335 e. The van der Waals surface area contributed by atoms with Crippen LogP contribution in [0.4, 0.5) is 0 Å². The van der Waals surface area contributed by atoms with Crippen LogP contribution < -0.4 is 5.43 Å². The van der Waals surface area contributed by atoms with E-state index in [0.29, 0.717) is 33.4 Å². The number of phenols is 1. The van der Waals surface area contributed by atoms with Crippen molar-refractivity contribution in [3.8, 4) is 29.4 Å². The molecule has 0 saturated carbocycles. The van der Waals surface area contributed by atoms with Gasteiger partial charge in [0.05, 0.1) is 5.57 Å². The molecule has 30 heavy (non-hydrogen) atoms. The number of aliphatic carboxylic acids is 1. The van der Waals surface area contributed by atoms with E-state index in [1.165, 1.54) is 30.3 Å². The molecule has 0 aromatic heterocycles. The van der Waals surface area contributed by atoms with Crippen molar-refractivity contribution in [3.05, 3.63) is 69.9 Å². The summed E-state index contributed by atoms with van der Waals surface area (Å²) < 4.78 is 5.76. The standard InChI is InChI=1S/C20H16O5.C3H4.C2H6/c1-3-13(14(4-2)20(23)24)19-15-7-5-11(21)9-17(15)25-18-10-12(22)6-8-16(18)19;1-3-2;1-2/h3-10,21H,1-2H3,(H,23,24);1H,2H3;1-2H3/b13-3+,14-4+;;. The van der Waals surface area contributed by atoms with Crippen LogP contribution >= 0.6 is 0 Å². The summed E-state index contributed by atoms with van der Waals surface area (Å²) in [5.41, 5.74) is 2.10. The van der Waals surface area contributed by atoms with Crippen molar-refractivity contribution < 1.29 is 19.4 Å². The molecule has 0 fully saturated rings. The topological polar surface area (TPSA) is 87.7 Å². The summed E-state index contributed by atoms with van der Waals surface area (Å²) in [5, 5.41) is 19.9. The average molecular weight is 406 g/mol. The Morgan fingerprint density at radius 1 is 1.10 bits per heavy atom. The van der Waals surface area contributed by atoms with Gasteiger partial charge in [-0.15, -0.1) is 12.3 Å². The van der Waals surface area contributed by atoms with Crippen LogP contribution in [0.5, 0.6) is 5.75 Å². The number of hydrogen-bond acceptors (Lipinski definition) is 4. The van der Waals surface area contributed by atoms with Crippen LogP contribution in [0, 0.1) is 12.3 Å². The van der Waals surface area contributed by atoms with Crippen LogP contribution in [0.1, 0.15) is 40.2 Å². The fourth-order valence-corrected chi connectivity index (χ4v) is 2.98. The first-order valence-electron chi connectivity index (χ1n) is 9.51. The largest absolute Gasteiger partial charge is 0.508 e. The lowest BCUT2D eigenvalue weighted by molar-refractivity contribution is -0.132. The lowest BCUT2D eigenvalue weighted by atomic mass is 9.89. The summed E-state index contributed by atoms with van der Waals surface area (Å²) in [4.78, 5) is 23.4. The molecular weight excluding hydrogens is 380 g/mol. The summed E-state index contributed by atoms with van der Waals surface area (Å²) in [5.74, 6) is 1.56. The van der Waals surface area contributed by atoms with Gasteiger partial charge in [0.15, 0.2) is 5.43 Å². The number of carboxylic acids is 1. The van der Waals surface area contributed by atoms with E-state index in [9.17, 15) is 19.8 Å². The van der Waals surface area contributed by atoms with Crippen LogP contribution in [0.15, 0.2) is 63.3 Å². The molecule has 0 radical (unpaired) electrons. The van der Waals surface area contributed by atoms with E-state index in [4.69, 9.17) is 4.42 Å². The van der Waals surface area contributed by atoms with E-state index in [-0.39, 0.29) is 16.8 Å². The maximum atomic E-state index is 11.7. The van der Waals surface area contributed by atoms with E-state index in [0.717, 1.165) is 0 Å². The highest BCUT2D eigenvalue weighted by Crippen LogP contribution is 2.40. The number of carbonyl (C=O) groups is 1. The second-order valence-corrected chi connectivity index (χ2v) is 5.81. The van der Waals surface area contributed by atoms with Gasteiger partial charge in [0.25, 0.3) is 0 Å². The minimum Gasteiger partial charge on any atom is -0.508 e. The summed E-state index contributed by atoms with van der Waals surface area (Å²) in [6.07, 6.45) is 7.84. The Hall–Kier alpha value is -3.78. The number of benzene rings is 2. The lowest BCUT2D eigenvalue weighted by Crippen LogP contribution is -2.06. The first-order chi connectivity index (χ1) is 14.4. The molecule has 5 heteroatoms. The van der Waals surface area contributed by atoms with Gasteiger partial charge in [0.2, 0.25) is 0 Å². The van der Waals surface area contributed by atoms with Gasteiger partial charge in [-0.1, -0.05) is 26.0 Å². The molecule has 1 aromatic carbocycles. The molecular formula is C25H26O5. The van der Waals surface area contributed by atoms with Crippen molar-refractivity contribution in [1.82, 2.24) is 0 Å². The number of phenolic OH excluding ortho intramolecular Hbond substituents is 1. The maximum absolute atomic E-state index is 11.7. The fraction of sp³-hybridized carbons (Fsp3) is 0.200. The molecule has 1 aromatic rings. The zero-order valence-corrected chi connectivity index (χ0v) is 17.8. The van der Waals surface area contributed by atoms with Crippen molar-refractivity contribution in [2.24, 2.45) is 0 Å². The number of terminal acetylenes is 1. The second kappa shape index (κ2) is 11.3. The molecule has 0 saturated heterocycles. The van der Waals surface area contributed by atoms with Gasteiger partial charge in [-0.3, -0.25) is 4.79 Å². The van der Waals surface area contributed by atoms with E-state index in [1.54, 1.807) is 39.0 Å². The van der Waals surface area contributed by atoms with E-state index < -0.39 is 5.97 Å². The van der Waals surface area contributed by atoms with Gasteiger partial charge in [0.1, 0.15) is 17.1 Å². The molecule has 156 valence electrons. The number of allylic oxidation sites excluding steroid dienone is 2. The van der Waals surface area contributed by atoms with Crippen molar-refractivity contribution in [2.75, 3.05) is 0 Å². The van der Waals surface area contributed by atoms with Crippen LogP contribution in [0.3, 0.4) is 0 Å². The Kier molecular flexibility index (Phi) is 9.12. The molecule has 0 spiro atoms. The van der Waals surface area contributed by atoms with Gasteiger partial charge in [-0.25, -0.2) is 4.79 Å². The summed E-state index contributed by atoms with van der Waals surface area (Å²) in [6.45, 7) is 9.07. The van der Waals surface area contributed by atoms with Crippen LogP contribution in [-0.4, -0.2) is 16.2 Å². The number of carboxylic acid groups (broad SMARTS) is 1. The van der Waals surface area contributed by atoms with Crippen LogP contribution in [0.2, 0.25) is 0 Å². The van der Waals surface area contributed by atoms with E-state index >= 15 is 0 Å². The van der Waals surface area contributed by atoms with Gasteiger partial charge >= 0.3 is 5.97 Å². The number of rotatable bonds is 3. The SMILES string of the molecule is C#CC.C/C=C(\C(=C/C)C(=O)O)c1c2ccc(=O)cc-2oc2cc(O)ccc12.CC. The number of hydrogen-bond donors (Lipinski definition) is 2. The normalized spacial score (nSPS) is 11.1. The zero-order valence-electron chi connectivity index (χ0n) is 17.8. The lowest BCUT2D eigenvalue weighted by Gasteiger charge is -2.17. The third-order valence-electron chi connectivity index (χ3n) is 4.04. The quantitative estimate of drug-likeness (QED) is 0.252. The molecule has 0 atom stereocenters. The van der Waals surface area contributed by atoms with Crippen molar-refractivity contribution in [2.45, 2.75) is 34.6 Å². The first-order valence-corrected chi connectivity index (χ1v) is 9.51. The molecule has 1 heterocycles. The van der Waals surface area contributed by atoms with Crippen molar-refractivity contribution in [1.29, 1.82) is 0 Å². The summed E-state index contributed by atoms with van der Waals surface area (Å²) in [7, 11) is 0. The minimum absolute atomic E-state index is 0.0198. The highest BCUT2D eigenvalue weighted by molar-refractivity contribution is 6.11. The Balaban J connectivity index is 0.000000826. The van der Waals surface area contributed by atoms with Crippen LogP contribution in [0.25, 0.3) is 27.9 Å². The van der Waals surface area contributed by atoms with Gasteiger partial charge < -0.3 is 14.6 Å². The molecule has 3 rings (SSSR count). The second-order valence-electron chi connectivity index (χ2n) is 5.81. The Labute approximate surface area is 176 Å². The Bertz CT molecular complexity index is 1160. The monoisotopic (exact) mass is 406 g/mol. The molecule has 1 aliphatic carbocycles. The molecule has 0 bridgehead atoms. The van der Waals surface area contributed by atoms with Crippen molar-refractivity contribution >= 4 is 22.5 Å². The third kappa shape index (κ3) is 5.18. The number of aromatic hydroxyl groups is 1. The molecule has 2 N–H and O–H groups in total. The van der Waals surface area contributed by atoms with Crippen molar-refractivity contribution in [3.63, 3.8) is 0 Å². The first kappa shape index (κ1) is 24.3. The molecule has 2 aliphatic rings. The highest BCUT2D eigenvalue weighted by Gasteiger charge is 2.23. The predicted octanol–water partition coefficient (Wildman–Crippen LogP) is 5.70. The third-order valence-corrected chi connectivity index (χ3v) is 4.04. The fourth-order valence-electron chi connectivity index (χ4n) is 2.98. The summed E-state index contributed by atoms with van der Waals surface area (Å²) in [6, 6.07) is 9.02. The highest BCUT2D eigenvalue weighted by atomic mass is 16.4.